The molecule has 3 rings (SSSR count). The second-order valence-electron chi connectivity index (χ2n) is 5.37. The molecule has 1 N–H and O–H groups in total. The number of carbonyl (C=O) groups excluding carboxylic acids is 1. The van der Waals surface area contributed by atoms with Crippen molar-refractivity contribution in [1.29, 1.82) is 0 Å². The molecular weight excluding hydrogens is 416 g/mol. The van der Waals surface area contributed by atoms with E-state index in [-0.39, 0.29) is 11.7 Å². The second kappa shape index (κ2) is 6.74. The van der Waals surface area contributed by atoms with E-state index in [1.165, 1.54) is 4.31 Å². The molecule has 0 radical (unpaired) electrons. The van der Waals surface area contributed by atoms with Gasteiger partial charge in [-0.05, 0) is 48.9 Å². The van der Waals surface area contributed by atoms with E-state index in [9.17, 15) is 13.2 Å². The fourth-order valence-electron chi connectivity index (χ4n) is 2.50. The molecule has 0 saturated carbocycles. The third-order valence-corrected chi connectivity index (χ3v) is 6.38. The average molecular weight is 430 g/mol. The lowest BCUT2D eigenvalue weighted by atomic mass is 10.2. The van der Waals surface area contributed by atoms with Crippen LogP contribution < -0.4 is 9.62 Å². The van der Waals surface area contributed by atoms with Gasteiger partial charge in [-0.1, -0.05) is 27.5 Å². The maximum atomic E-state index is 12.3. The summed E-state index contributed by atoms with van der Waals surface area (Å²) in [6.07, 6.45) is 0.564. The van der Waals surface area contributed by atoms with E-state index < -0.39 is 10.0 Å². The number of nitrogens with one attached hydrogen (secondary N) is 1. The highest BCUT2D eigenvalue weighted by Crippen LogP contribution is 2.33. The molecule has 0 aliphatic carbocycles. The largest absolute Gasteiger partial charge is 0.322 e. The summed E-state index contributed by atoms with van der Waals surface area (Å²) in [4.78, 5) is 12.3. The van der Waals surface area contributed by atoms with Crippen LogP contribution in [0.4, 0.5) is 11.4 Å². The van der Waals surface area contributed by atoms with Crippen LogP contribution in [0.15, 0.2) is 46.9 Å². The van der Waals surface area contributed by atoms with Crippen molar-refractivity contribution in [2.45, 2.75) is 6.42 Å². The molecule has 8 heteroatoms. The Bertz CT molecular complexity index is 885. The first-order chi connectivity index (χ1) is 11.4. The number of carbonyl (C=O) groups is 1. The molecule has 0 atom stereocenters. The molecule has 2 aromatic carbocycles. The molecule has 0 aromatic heterocycles. The zero-order chi connectivity index (χ0) is 17.3. The lowest BCUT2D eigenvalue weighted by molar-refractivity contribution is 0.102. The highest BCUT2D eigenvalue weighted by atomic mass is 79.9. The minimum absolute atomic E-state index is 0.110. The van der Waals surface area contributed by atoms with E-state index in [1.54, 1.807) is 42.5 Å². The van der Waals surface area contributed by atoms with E-state index in [4.69, 9.17) is 11.6 Å². The summed E-state index contributed by atoms with van der Waals surface area (Å²) >= 11 is 9.47. The molecule has 126 valence electrons. The van der Waals surface area contributed by atoms with Crippen molar-refractivity contribution in [1.82, 2.24) is 0 Å². The molecule has 1 aliphatic rings. The lowest BCUT2D eigenvalue weighted by Crippen LogP contribution is -2.25. The summed E-state index contributed by atoms with van der Waals surface area (Å²) in [6, 6.07) is 11.8. The number of sulfonamides is 1. The Morgan fingerprint density at radius 2 is 1.88 bits per heavy atom. The molecule has 1 heterocycles. The average Bonchev–Trinajstić information content (AvgIpc) is 2.89. The Balaban J connectivity index is 1.86. The Morgan fingerprint density at radius 1 is 1.17 bits per heavy atom. The topological polar surface area (TPSA) is 66.5 Å². The Kier molecular flexibility index (Phi) is 4.85. The summed E-state index contributed by atoms with van der Waals surface area (Å²) in [7, 11) is -3.33. The maximum Gasteiger partial charge on any atom is 0.255 e. The van der Waals surface area contributed by atoms with E-state index in [0.717, 1.165) is 4.47 Å². The minimum Gasteiger partial charge on any atom is -0.322 e. The van der Waals surface area contributed by atoms with Crippen LogP contribution in [0, 0.1) is 0 Å². The van der Waals surface area contributed by atoms with Gasteiger partial charge in [0.25, 0.3) is 5.91 Å². The van der Waals surface area contributed by atoms with Crippen LogP contribution in [0.2, 0.25) is 5.02 Å². The van der Waals surface area contributed by atoms with E-state index in [2.05, 4.69) is 21.2 Å². The normalized spacial score (nSPS) is 16.2. The van der Waals surface area contributed by atoms with E-state index in [0.29, 0.717) is 34.9 Å². The number of halogens is 2. The maximum absolute atomic E-state index is 12.3. The molecule has 1 saturated heterocycles. The van der Waals surface area contributed by atoms with Crippen LogP contribution in [-0.2, 0) is 10.0 Å². The first-order valence-corrected chi connectivity index (χ1v) is 10.0. The summed E-state index contributed by atoms with van der Waals surface area (Å²) in [5, 5.41) is 3.10. The number of nitrogens with zero attached hydrogens (tertiary/aromatic N) is 1. The van der Waals surface area contributed by atoms with Crippen LogP contribution in [0.25, 0.3) is 0 Å². The van der Waals surface area contributed by atoms with Crippen molar-refractivity contribution in [3.05, 3.63) is 57.5 Å². The van der Waals surface area contributed by atoms with Gasteiger partial charge in [-0.15, -0.1) is 0 Å². The minimum atomic E-state index is -3.33. The predicted octanol–water partition coefficient (Wildman–Crippen LogP) is 3.89. The molecule has 2 aromatic rings. The van der Waals surface area contributed by atoms with Gasteiger partial charge in [0.15, 0.2) is 0 Å². The van der Waals surface area contributed by atoms with Crippen molar-refractivity contribution in [3.8, 4) is 0 Å². The smallest absolute Gasteiger partial charge is 0.255 e. The number of rotatable bonds is 3. The number of hydrogen-bond acceptors (Lipinski definition) is 3. The molecule has 24 heavy (non-hydrogen) atoms. The van der Waals surface area contributed by atoms with E-state index >= 15 is 0 Å². The monoisotopic (exact) mass is 428 g/mol. The molecule has 5 nitrogen and oxygen atoms in total. The first-order valence-electron chi connectivity index (χ1n) is 7.24. The van der Waals surface area contributed by atoms with Gasteiger partial charge in [-0.25, -0.2) is 8.42 Å². The summed E-state index contributed by atoms with van der Waals surface area (Å²) in [6.45, 7) is 0.395. The number of hydrogen-bond donors (Lipinski definition) is 1. The van der Waals surface area contributed by atoms with Gasteiger partial charge < -0.3 is 5.32 Å². The first kappa shape index (κ1) is 17.3. The fourth-order valence-corrected chi connectivity index (χ4v) is 4.60. The zero-order valence-corrected chi connectivity index (χ0v) is 15.7. The van der Waals surface area contributed by atoms with Gasteiger partial charge in [-0.2, -0.15) is 0 Å². The van der Waals surface area contributed by atoms with Gasteiger partial charge in [0.05, 0.1) is 16.5 Å². The van der Waals surface area contributed by atoms with Gasteiger partial charge in [0.2, 0.25) is 10.0 Å². The summed E-state index contributed by atoms with van der Waals surface area (Å²) in [5.41, 5.74) is 1.38. The molecule has 1 amide bonds. The summed E-state index contributed by atoms with van der Waals surface area (Å²) < 4.78 is 26.3. The molecule has 0 spiro atoms. The Morgan fingerprint density at radius 3 is 2.50 bits per heavy atom. The lowest BCUT2D eigenvalue weighted by Gasteiger charge is -2.19. The SMILES string of the molecule is O=C(Nc1ccc(Cl)c(N2CCCS2(=O)=O)c1)c1ccc(Br)cc1. The molecular formula is C16H14BrClN2O3S. The van der Waals surface area contributed by atoms with Crippen LogP contribution in [0.1, 0.15) is 16.8 Å². The summed E-state index contributed by atoms with van der Waals surface area (Å²) in [5.74, 6) is -0.168. The van der Waals surface area contributed by atoms with Crippen LogP contribution in [0.3, 0.4) is 0 Å². The van der Waals surface area contributed by atoms with E-state index in [1.807, 2.05) is 0 Å². The molecule has 1 fully saturated rings. The highest BCUT2D eigenvalue weighted by Gasteiger charge is 2.30. The molecule has 0 bridgehead atoms. The van der Waals surface area contributed by atoms with Crippen molar-refractivity contribution in [3.63, 3.8) is 0 Å². The third kappa shape index (κ3) is 3.58. The predicted molar refractivity (Wildman–Crippen MR) is 99.3 cm³/mol. The number of benzene rings is 2. The van der Waals surface area contributed by atoms with Crippen molar-refractivity contribution >= 4 is 54.8 Å². The zero-order valence-electron chi connectivity index (χ0n) is 12.5. The molecule has 0 unspecified atom stereocenters. The standard InChI is InChI=1S/C16H14BrClN2O3S/c17-12-4-2-11(3-5-12)16(21)19-13-6-7-14(18)15(10-13)20-8-1-9-24(20,22)23/h2-7,10H,1,8-9H2,(H,19,21). The molecule has 1 aliphatic heterocycles. The fraction of sp³-hybridized carbons (Fsp3) is 0.188. The number of amides is 1. The number of anilines is 2. The third-order valence-electron chi connectivity index (χ3n) is 3.68. The quantitative estimate of drug-likeness (QED) is 0.805. The van der Waals surface area contributed by atoms with Gasteiger partial charge in [0.1, 0.15) is 0 Å². The van der Waals surface area contributed by atoms with Crippen molar-refractivity contribution in [2.24, 2.45) is 0 Å². The van der Waals surface area contributed by atoms with Gasteiger partial charge in [-0.3, -0.25) is 9.10 Å². The van der Waals surface area contributed by atoms with Crippen LogP contribution >= 0.6 is 27.5 Å². The Labute approximate surface area is 153 Å². The highest BCUT2D eigenvalue weighted by molar-refractivity contribution is 9.10. The van der Waals surface area contributed by atoms with Crippen molar-refractivity contribution < 1.29 is 13.2 Å². The second-order valence-corrected chi connectivity index (χ2v) is 8.70. The van der Waals surface area contributed by atoms with Crippen LogP contribution in [0.5, 0.6) is 0 Å². The Hall–Kier alpha value is -1.57. The van der Waals surface area contributed by atoms with Gasteiger partial charge in [0, 0.05) is 22.3 Å². The van der Waals surface area contributed by atoms with Crippen LogP contribution in [-0.4, -0.2) is 26.6 Å². The van der Waals surface area contributed by atoms with Gasteiger partial charge >= 0.3 is 0 Å². The van der Waals surface area contributed by atoms with Crippen molar-refractivity contribution in [2.75, 3.05) is 21.9 Å².